The smallest absolute Gasteiger partial charge is 0.125 e. The molecule has 0 unspecified atom stereocenters. The van der Waals surface area contributed by atoms with Crippen LogP contribution in [0.15, 0.2) is 18.2 Å². The van der Waals surface area contributed by atoms with Gasteiger partial charge in [0.2, 0.25) is 0 Å². The number of benzene rings is 1. The number of aryl methyl sites for hydroxylation is 1. The van der Waals surface area contributed by atoms with E-state index in [2.05, 4.69) is 9.55 Å². The maximum Gasteiger partial charge on any atom is 0.125 e. The van der Waals surface area contributed by atoms with Crippen LogP contribution in [0.5, 0.6) is 0 Å². The minimum atomic E-state index is -0.226. The van der Waals surface area contributed by atoms with Crippen molar-refractivity contribution in [2.75, 3.05) is 5.88 Å². The Morgan fingerprint density at radius 2 is 2.11 bits per heavy atom. The van der Waals surface area contributed by atoms with Gasteiger partial charge in [-0.05, 0) is 30.9 Å². The normalized spacial score (nSPS) is 16.5. The third-order valence-corrected chi connectivity index (χ3v) is 4.21. The first kappa shape index (κ1) is 12.9. The second-order valence-corrected chi connectivity index (χ2v) is 5.74. The SMILES string of the molecule is Fc1ccc2c(c1)nc(CCCl)n2CC1CCCC1. The van der Waals surface area contributed by atoms with E-state index in [4.69, 9.17) is 11.6 Å². The molecule has 0 aliphatic heterocycles. The lowest BCUT2D eigenvalue weighted by molar-refractivity contribution is 0.455. The Bertz CT molecular complexity index is 573. The minimum Gasteiger partial charge on any atom is -0.328 e. The molecule has 19 heavy (non-hydrogen) atoms. The lowest BCUT2D eigenvalue weighted by atomic mass is 10.1. The van der Waals surface area contributed by atoms with Gasteiger partial charge in [-0.3, -0.25) is 0 Å². The molecule has 3 rings (SSSR count). The molecule has 1 saturated carbocycles. The molecule has 1 aromatic carbocycles. The number of hydrogen-bond acceptors (Lipinski definition) is 1. The van der Waals surface area contributed by atoms with Crippen LogP contribution < -0.4 is 0 Å². The van der Waals surface area contributed by atoms with Crippen LogP contribution >= 0.6 is 11.6 Å². The summed E-state index contributed by atoms with van der Waals surface area (Å²) in [5.41, 5.74) is 1.78. The number of nitrogens with zero attached hydrogens (tertiary/aromatic N) is 2. The van der Waals surface area contributed by atoms with E-state index in [1.165, 1.54) is 37.8 Å². The van der Waals surface area contributed by atoms with Gasteiger partial charge in [0.05, 0.1) is 11.0 Å². The first-order valence-corrected chi connectivity index (χ1v) is 7.52. The Morgan fingerprint density at radius 3 is 2.84 bits per heavy atom. The number of aromatic nitrogens is 2. The highest BCUT2D eigenvalue weighted by atomic mass is 35.5. The molecule has 1 heterocycles. The van der Waals surface area contributed by atoms with Gasteiger partial charge in [-0.1, -0.05) is 12.8 Å². The molecule has 2 aromatic rings. The molecule has 0 bridgehead atoms. The van der Waals surface area contributed by atoms with Crippen LogP contribution in [0.1, 0.15) is 31.5 Å². The van der Waals surface area contributed by atoms with E-state index in [1.807, 2.05) is 6.07 Å². The summed E-state index contributed by atoms with van der Waals surface area (Å²) in [5.74, 6) is 2.05. The number of imidazole rings is 1. The molecule has 1 aliphatic rings. The number of rotatable bonds is 4. The van der Waals surface area contributed by atoms with Crippen molar-refractivity contribution in [1.29, 1.82) is 0 Å². The monoisotopic (exact) mass is 280 g/mol. The second-order valence-electron chi connectivity index (χ2n) is 5.36. The number of fused-ring (bicyclic) bond motifs is 1. The fraction of sp³-hybridized carbons (Fsp3) is 0.533. The van der Waals surface area contributed by atoms with Crippen LogP contribution in [0, 0.1) is 11.7 Å². The highest BCUT2D eigenvalue weighted by Gasteiger charge is 2.19. The Kier molecular flexibility index (Phi) is 3.74. The molecule has 0 amide bonds. The molecular weight excluding hydrogens is 263 g/mol. The summed E-state index contributed by atoms with van der Waals surface area (Å²) >= 11 is 5.86. The summed E-state index contributed by atoms with van der Waals surface area (Å²) in [6, 6.07) is 4.86. The van der Waals surface area contributed by atoms with Crippen molar-refractivity contribution in [1.82, 2.24) is 9.55 Å². The van der Waals surface area contributed by atoms with Crippen LogP contribution in [-0.2, 0) is 13.0 Å². The average Bonchev–Trinajstić information content (AvgIpc) is 2.99. The zero-order chi connectivity index (χ0) is 13.2. The Balaban J connectivity index is 2.00. The third kappa shape index (κ3) is 2.62. The lowest BCUT2D eigenvalue weighted by Crippen LogP contribution is -2.11. The van der Waals surface area contributed by atoms with Crippen molar-refractivity contribution in [3.63, 3.8) is 0 Å². The molecule has 1 aromatic heterocycles. The molecule has 0 spiro atoms. The van der Waals surface area contributed by atoms with Crippen LogP contribution in [-0.4, -0.2) is 15.4 Å². The van der Waals surface area contributed by atoms with Gasteiger partial charge in [-0.25, -0.2) is 9.37 Å². The minimum absolute atomic E-state index is 0.226. The van der Waals surface area contributed by atoms with Gasteiger partial charge in [-0.2, -0.15) is 0 Å². The van der Waals surface area contributed by atoms with Gasteiger partial charge in [0.1, 0.15) is 11.6 Å². The highest BCUT2D eigenvalue weighted by Crippen LogP contribution is 2.28. The summed E-state index contributed by atoms with van der Waals surface area (Å²) in [5, 5.41) is 0. The predicted octanol–water partition coefficient (Wildman–Crippen LogP) is 4.15. The summed E-state index contributed by atoms with van der Waals surface area (Å²) in [4.78, 5) is 4.54. The molecule has 0 N–H and O–H groups in total. The number of halogens is 2. The van der Waals surface area contributed by atoms with Crippen LogP contribution in [0.3, 0.4) is 0 Å². The van der Waals surface area contributed by atoms with Gasteiger partial charge < -0.3 is 4.57 Å². The highest BCUT2D eigenvalue weighted by molar-refractivity contribution is 6.17. The Labute approximate surface area is 117 Å². The fourth-order valence-electron chi connectivity index (χ4n) is 3.08. The summed E-state index contributed by atoms with van der Waals surface area (Å²) in [7, 11) is 0. The molecule has 2 nitrogen and oxygen atoms in total. The number of hydrogen-bond donors (Lipinski definition) is 0. The zero-order valence-corrected chi connectivity index (χ0v) is 11.7. The molecule has 4 heteroatoms. The van der Waals surface area contributed by atoms with Gasteiger partial charge >= 0.3 is 0 Å². The second kappa shape index (κ2) is 5.49. The standard InChI is InChI=1S/C15H18ClFN2/c16-8-7-15-18-13-9-12(17)5-6-14(13)19(15)10-11-3-1-2-4-11/h5-6,9,11H,1-4,7-8,10H2. The fourth-order valence-corrected chi connectivity index (χ4v) is 3.25. The molecule has 1 fully saturated rings. The van der Waals surface area contributed by atoms with Crippen molar-refractivity contribution in [3.05, 3.63) is 29.8 Å². The van der Waals surface area contributed by atoms with Crippen LogP contribution in [0.2, 0.25) is 0 Å². The van der Waals surface area contributed by atoms with Gasteiger partial charge in [0, 0.05) is 24.9 Å². The van der Waals surface area contributed by atoms with Crippen molar-refractivity contribution in [2.45, 2.75) is 38.6 Å². The van der Waals surface area contributed by atoms with Crippen LogP contribution in [0.4, 0.5) is 4.39 Å². The molecule has 0 atom stereocenters. The quantitative estimate of drug-likeness (QED) is 0.770. The maximum atomic E-state index is 13.3. The maximum absolute atomic E-state index is 13.3. The van der Waals surface area contributed by atoms with Gasteiger partial charge in [-0.15, -0.1) is 11.6 Å². The van der Waals surface area contributed by atoms with E-state index < -0.39 is 0 Å². The van der Waals surface area contributed by atoms with E-state index in [-0.39, 0.29) is 5.82 Å². The first-order valence-electron chi connectivity index (χ1n) is 6.98. The summed E-state index contributed by atoms with van der Waals surface area (Å²) in [6.45, 7) is 0.994. The number of alkyl halides is 1. The molecular formula is C15H18ClFN2. The summed E-state index contributed by atoms with van der Waals surface area (Å²) < 4.78 is 15.5. The molecule has 0 radical (unpaired) electrons. The van der Waals surface area contributed by atoms with Gasteiger partial charge in [0.25, 0.3) is 0 Å². The zero-order valence-electron chi connectivity index (χ0n) is 10.9. The van der Waals surface area contributed by atoms with Gasteiger partial charge in [0.15, 0.2) is 0 Å². The average molecular weight is 281 g/mol. The molecule has 102 valence electrons. The van der Waals surface area contributed by atoms with E-state index >= 15 is 0 Å². The molecule has 0 saturated heterocycles. The summed E-state index contributed by atoms with van der Waals surface area (Å²) in [6.07, 6.45) is 5.99. The van der Waals surface area contributed by atoms with E-state index in [1.54, 1.807) is 0 Å². The molecule has 1 aliphatic carbocycles. The first-order chi connectivity index (χ1) is 9.28. The Hall–Kier alpha value is -1.09. The lowest BCUT2D eigenvalue weighted by Gasteiger charge is -2.13. The third-order valence-electron chi connectivity index (χ3n) is 4.02. The van der Waals surface area contributed by atoms with E-state index in [0.717, 1.165) is 35.7 Å². The topological polar surface area (TPSA) is 17.8 Å². The van der Waals surface area contributed by atoms with E-state index in [9.17, 15) is 4.39 Å². The van der Waals surface area contributed by atoms with E-state index in [0.29, 0.717) is 5.88 Å². The largest absolute Gasteiger partial charge is 0.328 e. The van der Waals surface area contributed by atoms with Crippen molar-refractivity contribution in [2.24, 2.45) is 5.92 Å². The Morgan fingerprint density at radius 1 is 1.32 bits per heavy atom. The predicted molar refractivity (Wildman–Crippen MR) is 76.1 cm³/mol. The van der Waals surface area contributed by atoms with Crippen molar-refractivity contribution in [3.8, 4) is 0 Å². The van der Waals surface area contributed by atoms with Crippen LogP contribution in [0.25, 0.3) is 11.0 Å². The van der Waals surface area contributed by atoms with Crippen molar-refractivity contribution >= 4 is 22.6 Å². The van der Waals surface area contributed by atoms with Crippen molar-refractivity contribution < 1.29 is 4.39 Å².